The Morgan fingerprint density at radius 3 is 2.18 bits per heavy atom. The Balaban J connectivity index is 2.20. The number of amides is 2. The number of aliphatic hydroxyl groups is 1. The lowest BCUT2D eigenvalue weighted by Gasteiger charge is -2.22. The van der Waals surface area contributed by atoms with Crippen LogP contribution in [0.25, 0.3) is 4.85 Å². The first-order valence-electron chi connectivity index (χ1n) is 9.01. The number of hydrogen-bond donors (Lipinski definition) is 3. The first kappa shape index (κ1) is 26.3. The highest BCUT2D eigenvalue weighted by molar-refractivity contribution is 9.09. The maximum absolute atomic E-state index is 13.1. The van der Waals surface area contributed by atoms with E-state index in [4.69, 9.17) is 6.57 Å². The molecular weight excluding hydrogens is 531 g/mol. The number of carbonyl (C=O) groups is 2. The van der Waals surface area contributed by atoms with Gasteiger partial charge in [0.1, 0.15) is 0 Å². The van der Waals surface area contributed by atoms with Crippen molar-refractivity contribution < 1.29 is 36.3 Å². The van der Waals surface area contributed by atoms with E-state index in [1.54, 1.807) is 0 Å². The lowest BCUT2D eigenvalue weighted by Crippen LogP contribution is -2.45. The van der Waals surface area contributed by atoms with E-state index in [2.05, 4.69) is 26.1 Å². The second-order valence-electron chi connectivity index (χ2n) is 7.03. The summed E-state index contributed by atoms with van der Waals surface area (Å²) in [6, 6.07) is 7.39. The van der Waals surface area contributed by atoms with Crippen molar-refractivity contribution >= 4 is 54.6 Å². The molecule has 8 nitrogen and oxygen atoms in total. The van der Waals surface area contributed by atoms with Gasteiger partial charge in [-0.1, -0.05) is 22.0 Å². The number of benzene rings is 2. The van der Waals surface area contributed by atoms with E-state index in [1.807, 2.05) is 5.32 Å². The van der Waals surface area contributed by atoms with Crippen LogP contribution in [0, 0.1) is 6.57 Å². The zero-order valence-electron chi connectivity index (χ0n) is 16.9. The fourth-order valence-corrected chi connectivity index (χ4v) is 4.39. The molecule has 3 N–H and O–H groups in total. The minimum Gasteiger partial charge on any atom is -0.379 e. The summed E-state index contributed by atoms with van der Waals surface area (Å²) in [5.41, 5.74) is -4.51. The molecule has 0 radical (unpaired) electrons. The Morgan fingerprint density at radius 1 is 1.09 bits per heavy atom. The van der Waals surface area contributed by atoms with E-state index >= 15 is 0 Å². The minimum atomic E-state index is -4.85. The number of alkyl halides is 4. The van der Waals surface area contributed by atoms with Crippen LogP contribution in [0.5, 0.6) is 0 Å². The van der Waals surface area contributed by atoms with Crippen molar-refractivity contribution in [2.45, 2.75) is 23.6 Å². The lowest BCUT2D eigenvalue weighted by molar-refractivity contribution is -0.137. The van der Waals surface area contributed by atoms with E-state index in [0.29, 0.717) is 11.8 Å². The number of anilines is 2. The summed E-state index contributed by atoms with van der Waals surface area (Å²) in [4.78, 5) is 26.3. The number of nitrogens with zero attached hydrogens (tertiary/aromatic N) is 1. The molecule has 0 heterocycles. The molecule has 0 aromatic heterocycles. The van der Waals surface area contributed by atoms with Crippen LogP contribution in [-0.2, 0) is 25.6 Å². The number of sulfone groups is 1. The Kier molecular flexibility index (Phi) is 7.89. The molecule has 176 valence electrons. The van der Waals surface area contributed by atoms with Crippen LogP contribution in [0.3, 0.4) is 0 Å². The van der Waals surface area contributed by atoms with E-state index < -0.39 is 44.5 Å². The second-order valence-corrected chi connectivity index (χ2v) is 9.59. The number of halogens is 4. The molecule has 0 spiro atoms. The van der Waals surface area contributed by atoms with Crippen molar-refractivity contribution in [3.05, 3.63) is 59.4 Å². The van der Waals surface area contributed by atoms with Gasteiger partial charge in [0, 0.05) is 11.4 Å². The van der Waals surface area contributed by atoms with Crippen molar-refractivity contribution in [3.63, 3.8) is 0 Å². The van der Waals surface area contributed by atoms with Crippen molar-refractivity contribution in [1.82, 2.24) is 0 Å². The standard InChI is InChI=1S/C20H17BrF3N3O5S/c1-19(30,11-33(31,32)14-6-3-12(4-7-14)26-17(28)10-21)18(29)27-13-5-8-16(25-2)15(9-13)20(22,23)24/h3-9,30H,10-11H2,1H3,(H,26,28)(H,27,29). The van der Waals surface area contributed by atoms with Crippen LogP contribution in [0.2, 0.25) is 0 Å². The first-order chi connectivity index (χ1) is 15.2. The average molecular weight is 548 g/mol. The molecular formula is C20H17BrF3N3O5S. The highest BCUT2D eigenvalue weighted by Crippen LogP contribution is 2.38. The fraction of sp³-hybridized carbons (Fsp3) is 0.250. The second kappa shape index (κ2) is 9.90. The lowest BCUT2D eigenvalue weighted by atomic mass is 10.1. The van der Waals surface area contributed by atoms with Gasteiger partial charge in [-0.25, -0.2) is 13.3 Å². The zero-order chi connectivity index (χ0) is 25.0. The number of carbonyl (C=O) groups excluding carboxylic acids is 2. The Bertz CT molecular complexity index is 1210. The van der Waals surface area contributed by atoms with E-state index in [0.717, 1.165) is 19.1 Å². The maximum Gasteiger partial charge on any atom is 0.407 e. The predicted molar refractivity (Wildman–Crippen MR) is 118 cm³/mol. The molecule has 2 rings (SSSR count). The van der Waals surface area contributed by atoms with Crippen LogP contribution in [-0.4, -0.2) is 42.0 Å². The van der Waals surface area contributed by atoms with Crippen LogP contribution >= 0.6 is 15.9 Å². The summed E-state index contributed by atoms with van der Waals surface area (Å²) in [7, 11) is -4.20. The summed E-state index contributed by atoms with van der Waals surface area (Å²) >= 11 is 2.97. The van der Waals surface area contributed by atoms with Crippen LogP contribution in [0.1, 0.15) is 12.5 Å². The van der Waals surface area contributed by atoms with E-state index in [-0.39, 0.29) is 21.8 Å². The van der Waals surface area contributed by atoms with Gasteiger partial charge in [0.2, 0.25) is 5.91 Å². The number of hydrogen-bond acceptors (Lipinski definition) is 5. The van der Waals surface area contributed by atoms with Crippen LogP contribution in [0.4, 0.5) is 30.2 Å². The maximum atomic E-state index is 13.1. The molecule has 0 aliphatic rings. The average Bonchev–Trinajstić information content (AvgIpc) is 2.72. The monoisotopic (exact) mass is 547 g/mol. The third-order valence-electron chi connectivity index (χ3n) is 4.26. The van der Waals surface area contributed by atoms with Crippen molar-refractivity contribution in [3.8, 4) is 0 Å². The summed E-state index contributed by atoms with van der Waals surface area (Å²) in [5, 5.41) is 15.0. The highest BCUT2D eigenvalue weighted by atomic mass is 79.9. The third-order valence-corrected chi connectivity index (χ3v) is 6.70. The van der Waals surface area contributed by atoms with Gasteiger partial charge in [0.05, 0.1) is 28.1 Å². The molecule has 0 aliphatic heterocycles. The Hall–Kier alpha value is -2.95. The normalized spacial score (nSPS) is 13.5. The summed E-state index contributed by atoms with van der Waals surface area (Å²) in [6.45, 7) is 7.73. The molecule has 0 saturated heterocycles. The van der Waals surface area contributed by atoms with Gasteiger partial charge in [0.25, 0.3) is 5.91 Å². The Labute approximate surface area is 195 Å². The fourth-order valence-electron chi connectivity index (χ4n) is 2.66. The molecule has 2 aromatic rings. The Morgan fingerprint density at radius 2 is 1.67 bits per heavy atom. The summed E-state index contributed by atoms with van der Waals surface area (Å²) in [5.74, 6) is -2.68. The van der Waals surface area contributed by atoms with Gasteiger partial charge >= 0.3 is 6.18 Å². The largest absolute Gasteiger partial charge is 0.407 e. The van der Waals surface area contributed by atoms with Crippen molar-refractivity contribution in [2.24, 2.45) is 0 Å². The summed E-state index contributed by atoms with van der Waals surface area (Å²) < 4.78 is 64.6. The van der Waals surface area contributed by atoms with Gasteiger partial charge in [-0.15, -0.1) is 0 Å². The zero-order valence-corrected chi connectivity index (χ0v) is 19.3. The third kappa shape index (κ3) is 6.77. The topological polar surface area (TPSA) is 117 Å². The van der Waals surface area contributed by atoms with Gasteiger partial charge in [0.15, 0.2) is 21.1 Å². The molecule has 0 saturated carbocycles. The summed E-state index contributed by atoms with van der Waals surface area (Å²) in [6.07, 6.45) is -4.85. The minimum absolute atomic E-state index is 0.0378. The predicted octanol–water partition coefficient (Wildman–Crippen LogP) is 3.75. The van der Waals surface area contributed by atoms with E-state index in [1.165, 1.54) is 24.3 Å². The van der Waals surface area contributed by atoms with Gasteiger partial charge in [-0.3, -0.25) is 9.59 Å². The molecule has 0 fully saturated rings. The van der Waals surface area contributed by atoms with Gasteiger partial charge in [-0.2, -0.15) is 13.2 Å². The smallest absolute Gasteiger partial charge is 0.379 e. The molecule has 1 unspecified atom stereocenters. The molecule has 0 bridgehead atoms. The first-order valence-corrected chi connectivity index (χ1v) is 11.8. The van der Waals surface area contributed by atoms with Crippen LogP contribution in [0.15, 0.2) is 47.4 Å². The quantitative estimate of drug-likeness (QED) is 0.360. The highest BCUT2D eigenvalue weighted by Gasteiger charge is 2.38. The number of rotatable bonds is 7. The molecule has 33 heavy (non-hydrogen) atoms. The molecule has 0 aliphatic carbocycles. The van der Waals surface area contributed by atoms with Gasteiger partial charge < -0.3 is 15.7 Å². The van der Waals surface area contributed by atoms with Gasteiger partial charge in [-0.05, 0) is 43.3 Å². The van der Waals surface area contributed by atoms with Crippen molar-refractivity contribution in [1.29, 1.82) is 0 Å². The molecule has 13 heteroatoms. The van der Waals surface area contributed by atoms with Crippen molar-refractivity contribution in [2.75, 3.05) is 21.7 Å². The number of nitrogens with one attached hydrogen (secondary N) is 2. The van der Waals surface area contributed by atoms with E-state index in [9.17, 15) is 36.3 Å². The molecule has 2 aromatic carbocycles. The SMILES string of the molecule is [C-]#[N+]c1ccc(NC(=O)C(C)(O)CS(=O)(=O)c2ccc(NC(=O)CBr)cc2)cc1C(F)(F)F. The van der Waals surface area contributed by atoms with Crippen LogP contribution < -0.4 is 10.6 Å². The molecule has 2 amide bonds. The molecule has 1 atom stereocenters.